The van der Waals surface area contributed by atoms with Crippen LogP contribution in [-0.2, 0) is 6.54 Å². The van der Waals surface area contributed by atoms with Gasteiger partial charge in [0.05, 0.1) is 12.1 Å². The van der Waals surface area contributed by atoms with Crippen molar-refractivity contribution in [2.24, 2.45) is 0 Å². The Hall–Kier alpha value is -2.24. The third-order valence-electron chi connectivity index (χ3n) is 2.09. The SMILES string of the molecule is O=C(O)c1ccc(F)c(Cn2cncn2)c1. The number of carbonyl (C=O) groups is 1. The lowest BCUT2D eigenvalue weighted by Gasteiger charge is -2.04. The summed E-state index contributed by atoms with van der Waals surface area (Å²) < 4.78 is 14.8. The van der Waals surface area contributed by atoms with E-state index in [4.69, 9.17) is 5.11 Å². The van der Waals surface area contributed by atoms with Gasteiger partial charge in [0.1, 0.15) is 18.5 Å². The van der Waals surface area contributed by atoms with Crippen molar-refractivity contribution in [1.82, 2.24) is 14.8 Å². The minimum atomic E-state index is -1.08. The van der Waals surface area contributed by atoms with Gasteiger partial charge in [0.15, 0.2) is 0 Å². The maximum Gasteiger partial charge on any atom is 0.335 e. The van der Waals surface area contributed by atoms with Gasteiger partial charge in [-0.25, -0.2) is 18.9 Å². The van der Waals surface area contributed by atoms with Crippen LogP contribution in [0.25, 0.3) is 0 Å². The Morgan fingerprint density at radius 3 is 2.94 bits per heavy atom. The number of carboxylic acids is 1. The lowest BCUT2D eigenvalue weighted by molar-refractivity contribution is 0.0696. The predicted molar refractivity (Wildman–Crippen MR) is 52.5 cm³/mol. The summed E-state index contributed by atoms with van der Waals surface area (Å²) in [5.41, 5.74) is 0.321. The maximum absolute atomic E-state index is 13.4. The van der Waals surface area contributed by atoms with E-state index in [9.17, 15) is 9.18 Å². The third kappa shape index (κ3) is 2.05. The number of aromatic carboxylic acids is 1. The Morgan fingerprint density at radius 1 is 1.50 bits per heavy atom. The van der Waals surface area contributed by atoms with Crippen molar-refractivity contribution in [1.29, 1.82) is 0 Å². The van der Waals surface area contributed by atoms with Crippen molar-refractivity contribution in [2.75, 3.05) is 0 Å². The second kappa shape index (κ2) is 4.09. The predicted octanol–water partition coefficient (Wildman–Crippen LogP) is 1.16. The van der Waals surface area contributed by atoms with Crippen molar-refractivity contribution in [3.8, 4) is 0 Å². The first-order valence-corrected chi connectivity index (χ1v) is 4.51. The molecule has 16 heavy (non-hydrogen) atoms. The van der Waals surface area contributed by atoms with Gasteiger partial charge >= 0.3 is 5.97 Å². The molecule has 1 N–H and O–H groups in total. The van der Waals surface area contributed by atoms with Crippen LogP contribution in [0.1, 0.15) is 15.9 Å². The summed E-state index contributed by atoms with van der Waals surface area (Å²) in [6.45, 7) is 0.160. The zero-order chi connectivity index (χ0) is 11.5. The molecule has 0 aliphatic heterocycles. The van der Waals surface area contributed by atoms with Gasteiger partial charge in [0, 0.05) is 5.56 Å². The number of hydrogen-bond donors (Lipinski definition) is 1. The van der Waals surface area contributed by atoms with Crippen LogP contribution in [0.4, 0.5) is 4.39 Å². The van der Waals surface area contributed by atoms with Crippen molar-refractivity contribution in [3.05, 3.63) is 47.8 Å². The quantitative estimate of drug-likeness (QED) is 0.844. The molecule has 0 unspecified atom stereocenters. The molecule has 0 saturated carbocycles. The molecule has 0 spiro atoms. The summed E-state index contributed by atoms with van der Waals surface area (Å²) in [4.78, 5) is 14.4. The molecule has 0 fully saturated rings. The number of benzene rings is 1. The van der Waals surface area contributed by atoms with Gasteiger partial charge in [-0.1, -0.05) is 0 Å². The summed E-state index contributed by atoms with van der Waals surface area (Å²) >= 11 is 0. The first-order valence-electron chi connectivity index (χ1n) is 4.51. The van der Waals surface area contributed by atoms with E-state index in [1.807, 2.05) is 0 Å². The summed E-state index contributed by atoms with van der Waals surface area (Å²) in [5.74, 6) is -1.54. The average Bonchev–Trinajstić information content (AvgIpc) is 2.73. The summed E-state index contributed by atoms with van der Waals surface area (Å²) in [6.07, 6.45) is 2.77. The fraction of sp³-hybridized carbons (Fsp3) is 0.100. The van der Waals surface area contributed by atoms with Crippen LogP contribution in [0.3, 0.4) is 0 Å². The van der Waals surface area contributed by atoms with E-state index in [0.29, 0.717) is 0 Å². The van der Waals surface area contributed by atoms with E-state index in [0.717, 1.165) is 6.07 Å². The molecule has 82 valence electrons. The van der Waals surface area contributed by atoms with Crippen molar-refractivity contribution >= 4 is 5.97 Å². The number of aromatic nitrogens is 3. The van der Waals surface area contributed by atoms with Gasteiger partial charge in [0.25, 0.3) is 0 Å². The van der Waals surface area contributed by atoms with Gasteiger partial charge in [-0.3, -0.25) is 0 Å². The molecule has 0 saturated heterocycles. The van der Waals surface area contributed by atoms with E-state index < -0.39 is 11.8 Å². The second-order valence-corrected chi connectivity index (χ2v) is 3.20. The summed E-state index contributed by atoms with van der Waals surface area (Å²) in [6, 6.07) is 3.65. The molecule has 2 rings (SSSR count). The zero-order valence-electron chi connectivity index (χ0n) is 8.17. The zero-order valence-corrected chi connectivity index (χ0v) is 8.17. The molecule has 2 aromatic rings. The molecule has 0 bridgehead atoms. The minimum Gasteiger partial charge on any atom is -0.478 e. The maximum atomic E-state index is 13.4. The Kier molecular flexibility index (Phi) is 2.63. The molecule has 6 heteroatoms. The van der Waals surface area contributed by atoms with Crippen LogP contribution in [0, 0.1) is 5.82 Å². The summed E-state index contributed by atoms with van der Waals surface area (Å²) in [5, 5.41) is 12.6. The first kappa shape index (κ1) is 10.3. The van der Waals surface area contributed by atoms with E-state index in [1.54, 1.807) is 0 Å². The highest BCUT2D eigenvalue weighted by Gasteiger charge is 2.08. The van der Waals surface area contributed by atoms with Crippen molar-refractivity contribution < 1.29 is 14.3 Å². The van der Waals surface area contributed by atoms with Gasteiger partial charge in [-0.2, -0.15) is 5.10 Å². The minimum absolute atomic E-state index is 0.0523. The van der Waals surface area contributed by atoms with Crippen molar-refractivity contribution in [3.63, 3.8) is 0 Å². The van der Waals surface area contributed by atoms with Crippen LogP contribution in [0.5, 0.6) is 0 Å². The van der Waals surface area contributed by atoms with Crippen molar-refractivity contribution in [2.45, 2.75) is 6.54 Å². The van der Waals surface area contributed by atoms with E-state index >= 15 is 0 Å². The van der Waals surface area contributed by atoms with Crippen LogP contribution < -0.4 is 0 Å². The lowest BCUT2D eigenvalue weighted by atomic mass is 10.1. The second-order valence-electron chi connectivity index (χ2n) is 3.20. The number of nitrogens with zero attached hydrogens (tertiary/aromatic N) is 3. The topological polar surface area (TPSA) is 68.0 Å². The molecule has 0 aliphatic rings. The Bertz CT molecular complexity index is 511. The molecule has 0 amide bonds. The number of hydrogen-bond acceptors (Lipinski definition) is 3. The van der Waals surface area contributed by atoms with E-state index in [-0.39, 0.29) is 17.7 Å². The molecule has 1 heterocycles. The largest absolute Gasteiger partial charge is 0.478 e. The Balaban J connectivity index is 2.32. The van der Waals surface area contributed by atoms with Crippen LogP contribution in [0.2, 0.25) is 0 Å². The van der Waals surface area contributed by atoms with Gasteiger partial charge < -0.3 is 5.11 Å². The van der Waals surface area contributed by atoms with E-state index in [1.165, 1.54) is 29.5 Å². The molecule has 1 aromatic heterocycles. The molecule has 0 aliphatic carbocycles. The van der Waals surface area contributed by atoms with Gasteiger partial charge in [-0.05, 0) is 18.2 Å². The fourth-order valence-corrected chi connectivity index (χ4v) is 1.32. The highest BCUT2D eigenvalue weighted by Crippen LogP contribution is 2.11. The van der Waals surface area contributed by atoms with Crippen LogP contribution in [0.15, 0.2) is 30.9 Å². The number of halogens is 1. The first-order chi connectivity index (χ1) is 7.66. The Morgan fingerprint density at radius 2 is 2.31 bits per heavy atom. The highest BCUT2D eigenvalue weighted by molar-refractivity contribution is 5.87. The average molecular weight is 221 g/mol. The van der Waals surface area contributed by atoms with E-state index in [2.05, 4.69) is 10.1 Å². The monoisotopic (exact) mass is 221 g/mol. The molecular formula is C10H8FN3O2. The molecule has 1 aromatic carbocycles. The van der Waals surface area contributed by atoms with Crippen LogP contribution in [-0.4, -0.2) is 25.8 Å². The molecule has 5 nitrogen and oxygen atoms in total. The van der Waals surface area contributed by atoms with Crippen LogP contribution >= 0.6 is 0 Å². The third-order valence-corrected chi connectivity index (χ3v) is 2.09. The van der Waals surface area contributed by atoms with Gasteiger partial charge in [-0.15, -0.1) is 0 Å². The highest BCUT2D eigenvalue weighted by atomic mass is 19.1. The fourth-order valence-electron chi connectivity index (χ4n) is 1.32. The smallest absolute Gasteiger partial charge is 0.335 e. The Labute approximate surface area is 90.2 Å². The number of rotatable bonds is 3. The molecular weight excluding hydrogens is 213 g/mol. The molecule has 0 radical (unpaired) electrons. The number of carboxylic acid groups (broad SMARTS) is 1. The molecule has 0 atom stereocenters. The lowest BCUT2D eigenvalue weighted by Crippen LogP contribution is -2.05. The normalized spacial score (nSPS) is 10.3. The summed E-state index contributed by atoms with van der Waals surface area (Å²) in [7, 11) is 0. The van der Waals surface area contributed by atoms with Gasteiger partial charge in [0.2, 0.25) is 0 Å². The standard InChI is InChI=1S/C10H8FN3O2/c11-9-2-1-7(10(15)16)3-8(9)4-14-6-12-5-13-14/h1-3,5-6H,4H2,(H,15,16).